The Morgan fingerprint density at radius 1 is 0.967 bits per heavy atom. The van der Waals surface area contributed by atoms with Crippen molar-refractivity contribution in [1.82, 2.24) is 15.5 Å². The highest BCUT2D eigenvalue weighted by molar-refractivity contribution is 7.98. The Kier molecular flexibility index (Phi) is 8.78. The number of thioether (sulfide) groups is 1. The first-order chi connectivity index (χ1) is 14.7. The van der Waals surface area contributed by atoms with Gasteiger partial charge in [-0.25, -0.2) is 0 Å². The number of piperidine rings is 1. The molecule has 0 saturated carbocycles. The highest BCUT2D eigenvalue weighted by atomic mass is 32.2. The summed E-state index contributed by atoms with van der Waals surface area (Å²) in [6, 6.07) is 18.5. The van der Waals surface area contributed by atoms with E-state index in [9.17, 15) is 9.59 Å². The fourth-order valence-corrected chi connectivity index (χ4v) is 4.40. The van der Waals surface area contributed by atoms with E-state index in [4.69, 9.17) is 0 Å². The van der Waals surface area contributed by atoms with Crippen LogP contribution >= 0.6 is 11.8 Å². The molecule has 160 valence electrons. The van der Waals surface area contributed by atoms with Crippen LogP contribution in [0, 0.1) is 5.92 Å². The van der Waals surface area contributed by atoms with Crippen molar-refractivity contribution in [2.75, 3.05) is 32.4 Å². The summed E-state index contributed by atoms with van der Waals surface area (Å²) in [5, 5.41) is 5.51. The average Bonchev–Trinajstić information content (AvgIpc) is 2.79. The van der Waals surface area contributed by atoms with Gasteiger partial charge in [-0.1, -0.05) is 48.5 Å². The quantitative estimate of drug-likeness (QED) is 0.504. The van der Waals surface area contributed by atoms with E-state index in [2.05, 4.69) is 46.1 Å². The van der Waals surface area contributed by atoms with E-state index in [0.717, 1.165) is 44.5 Å². The minimum absolute atomic E-state index is 0.429. The summed E-state index contributed by atoms with van der Waals surface area (Å²) in [6.07, 6.45) is 4.91. The van der Waals surface area contributed by atoms with Crippen molar-refractivity contribution in [1.29, 1.82) is 0 Å². The molecule has 6 heteroatoms. The lowest BCUT2D eigenvalue weighted by Crippen LogP contribution is -2.44. The number of carbonyl (C=O) groups excluding carboxylic acids is 2. The third-order valence-corrected chi connectivity index (χ3v) is 6.43. The fourth-order valence-electron chi connectivity index (χ4n) is 3.79. The molecule has 0 radical (unpaired) electrons. The number of nitrogens with zero attached hydrogens (tertiary/aromatic N) is 1. The topological polar surface area (TPSA) is 61.4 Å². The van der Waals surface area contributed by atoms with Gasteiger partial charge in [0.1, 0.15) is 0 Å². The minimum atomic E-state index is -0.544. The normalized spacial score (nSPS) is 15.0. The Balaban J connectivity index is 1.33. The number of carbonyl (C=O) groups is 2. The molecule has 0 atom stereocenters. The van der Waals surface area contributed by atoms with Gasteiger partial charge in [-0.2, -0.15) is 0 Å². The monoisotopic (exact) mass is 425 g/mol. The van der Waals surface area contributed by atoms with E-state index < -0.39 is 11.8 Å². The zero-order valence-electron chi connectivity index (χ0n) is 17.6. The van der Waals surface area contributed by atoms with Crippen molar-refractivity contribution in [3.63, 3.8) is 0 Å². The molecule has 3 rings (SSSR count). The maximum atomic E-state index is 12.1. The summed E-state index contributed by atoms with van der Waals surface area (Å²) in [5.41, 5.74) is 2.52. The largest absolute Gasteiger partial charge is 0.348 e. The standard InChI is InChI=1S/C24H31N3O2S/c1-30-22-10-6-5-9-21(22)18-27-15-12-20(13-16-27)17-26-24(29)23(28)25-14-11-19-7-3-2-4-8-19/h2-10,20H,11-18H2,1H3,(H,25,28)(H,26,29). The lowest BCUT2D eigenvalue weighted by Gasteiger charge is -2.32. The predicted molar refractivity (Wildman–Crippen MR) is 122 cm³/mol. The SMILES string of the molecule is CSc1ccccc1CN1CCC(CNC(=O)C(=O)NCCc2ccccc2)CC1. The van der Waals surface area contributed by atoms with Gasteiger partial charge >= 0.3 is 11.8 Å². The van der Waals surface area contributed by atoms with Crippen molar-refractivity contribution < 1.29 is 9.59 Å². The Bertz CT molecular complexity index is 820. The highest BCUT2D eigenvalue weighted by Gasteiger charge is 2.21. The summed E-state index contributed by atoms with van der Waals surface area (Å²) in [4.78, 5) is 27.9. The molecule has 2 amide bonds. The zero-order chi connectivity index (χ0) is 21.2. The molecule has 1 fully saturated rings. The molecule has 0 spiro atoms. The van der Waals surface area contributed by atoms with E-state index in [1.54, 1.807) is 11.8 Å². The zero-order valence-corrected chi connectivity index (χ0v) is 18.4. The third kappa shape index (κ3) is 6.89. The van der Waals surface area contributed by atoms with Crippen LogP contribution in [0.3, 0.4) is 0 Å². The molecule has 1 aliphatic heterocycles. The Hall–Kier alpha value is -2.31. The van der Waals surface area contributed by atoms with Crippen LogP contribution < -0.4 is 10.6 Å². The second-order valence-electron chi connectivity index (χ2n) is 7.73. The number of amides is 2. The molecule has 0 bridgehead atoms. The molecule has 1 heterocycles. The number of hydrogen-bond donors (Lipinski definition) is 2. The fraction of sp³-hybridized carbons (Fsp3) is 0.417. The molecule has 5 nitrogen and oxygen atoms in total. The lowest BCUT2D eigenvalue weighted by molar-refractivity contribution is -0.139. The lowest BCUT2D eigenvalue weighted by atomic mass is 9.96. The van der Waals surface area contributed by atoms with E-state index in [0.29, 0.717) is 19.0 Å². The van der Waals surface area contributed by atoms with Gasteiger partial charge < -0.3 is 10.6 Å². The molecule has 30 heavy (non-hydrogen) atoms. The maximum Gasteiger partial charge on any atom is 0.309 e. The Morgan fingerprint density at radius 3 is 2.37 bits per heavy atom. The first-order valence-corrected chi connectivity index (χ1v) is 11.8. The summed E-state index contributed by atoms with van der Waals surface area (Å²) < 4.78 is 0. The summed E-state index contributed by atoms with van der Waals surface area (Å²) in [7, 11) is 0. The molecule has 2 N–H and O–H groups in total. The van der Waals surface area contributed by atoms with Crippen molar-refractivity contribution in [3.8, 4) is 0 Å². The van der Waals surface area contributed by atoms with Gasteiger partial charge in [0.15, 0.2) is 0 Å². The van der Waals surface area contributed by atoms with Crippen LogP contribution in [-0.4, -0.2) is 49.1 Å². The third-order valence-electron chi connectivity index (χ3n) is 5.59. The summed E-state index contributed by atoms with van der Waals surface area (Å²) in [5.74, 6) is -0.644. The van der Waals surface area contributed by atoms with Gasteiger partial charge in [-0.05, 0) is 61.7 Å². The number of benzene rings is 2. The number of likely N-dealkylation sites (tertiary alicyclic amines) is 1. The first-order valence-electron chi connectivity index (χ1n) is 10.6. The molecule has 1 saturated heterocycles. The van der Waals surface area contributed by atoms with Gasteiger partial charge in [0.2, 0.25) is 0 Å². The van der Waals surface area contributed by atoms with E-state index >= 15 is 0 Å². The van der Waals surface area contributed by atoms with E-state index in [1.807, 2.05) is 30.3 Å². The van der Waals surface area contributed by atoms with Crippen LogP contribution in [0.25, 0.3) is 0 Å². The van der Waals surface area contributed by atoms with Crippen LogP contribution in [0.2, 0.25) is 0 Å². The van der Waals surface area contributed by atoms with Gasteiger partial charge in [0.05, 0.1) is 0 Å². The average molecular weight is 426 g/mol. The van der Waals surface area contributed by atoms with Gasteiger partial charge in [-0.3, -0.25) is 14.5 Å². The van der Waals surface area contributed by atoms with Gasteiger partial charge in [-0.15, -0.1) is 11.8 Å². The van der Waals surface area contributed by atoms with Crippen molar-refractivity contribution in [2.24, 2.45) is 5.92 Å². The van der Waals surface area contributed by atoms with Gasteiger partial charge in [0.25, 0.3) is 0 Å². The smallest absolute Gasteiger partial charge is 0.309 e. The molecule has 0 aromatic heterocycles. The minimum Gasteiger partial charge on any atom is -0.348 e. The second kappa shape index (κ2) is 11.8. The molecule has 0 unspecified atom stereocenters. The highest BCUT2D eigenvalue weighted by Crippen LogP contribution is 2.24. The number of rotatable bonds is 8. The summed E-state index contributed by atoms with van der Waals surface area (Å²) in [6.45, 7) is 4.05. The van der Waals surface area contributed by atoms with Crippen LogP contribution in [0.15, 0.2) is 59.5 Å². The predicted octanol–water partition coefficient (Wildman–Crippen LogP) is 3.10. The molecule has 0 aliphatic carbocycles. The number of hydrogen-bond acceptors (Lipinski definition) is 4. The molecule has 2 aromatic rings. The first kappa shape index (κ1) is 22.4. The second-order valence-corrected chi connectivity index (χ2v) is 8.58. The molecule has 1 aliphatic rings. The van der Waals surface area contributed by atoms with Gasteiger partial charge in [0, 0.05) is 24.5 Å². The molecule has 2 aromatic carbocycles. The van der Waals surface area contributed by atoms with Crippen LogP contribution in [0.5, 0.6) is 0 Å². The van der Waals surface area contributed by atoms with Crippen molar-refractivity contribution >= 4 is 23.6 Å². The summed E-state index contributed by atoms with van der Waals surface area (Å²) >= 11 is 1.79. The Labute approximate surface area is 183 Å². The maximum absolute atomic E-state index is 12.1. The Morgan fingerprint density at radius 2 is 1.63 bits per heavy atom. The van der Waals surface area contributed by atoms with Crippen LogP contribution in [0.4, 0.5) is 0 Å². The number of nitrogens with one attached hydrogen (secondary N) is 2. The van der Waals surface area contributed by atoms with E-state index in [1.165, 1.54) is 10.5 Å². The van der Waals surface area contributed by atoms with Crippen LogP contribution in [0.1, 0.15) is 24.0 Å². The van der Waals surface area contributed by atoms with Crippen molar-refractivity contribution in [3.05, 3.63) is 65.7 Å². The van der Waals surface area contributed by atoms with Crippen molar-refractivity contribution in [2.45, 2.75) is 30.7 Å². The molecular weight excluding hydrogens is 394 g/mol. The van der Waals surface area contributed by atoms with Crippen LogP contribution in [-0.2, 0) is 22.6 Å². The molecular formula is C24H31N3O2S. The van der Waals surface area contributed by atoms with E-state index in [-0.39, 0.29) is 0 Å².